The van der Waals surface area contributed by atoms with Crippen molar-refractivity contribution in [2.24, 2.45) is 5.41 Å². The Labute approximate surface area is 105 Å². The molecule has 96 valence electrons. The molecular formula is C11H19N3O2S. The molecule has 1 unspecified atom stereocenters. The molecule has 1 rings (SSSR count). The number of hydrogen-bond acceptors (Lipinski definition) is 5. The van der Waals surface area contributed by atoms with Gasteiger partial charge in [0.15, 0.2) is 0 Å². The molecule has 1 heterocycles. The minimum absolute atomic E-state index is 0.0477. The zero-order chi connectivity index (χ0) is 13.1. The summed E-state index contributed by atoms with van der Waals surface area (Å²) >= 11 is 1.07. The summed E-state index contributed by atoms with van der Waals surface area (Å²) in [5.74, 6) is -0.217. The van der Waals surface area contributed by atoms with Crippen LogP contribution in [0.3, 0.4) is 0 Å². The largest absolute Gasteiger partial charge is 0.391 e. The van der Waals surface area contributed by atoms with E-state index in [1.165, 1.54) is 0 Å². The predicted octanol–water partition coefficient (Wildman–Crippen LogP) is 1.37. The van der Waals surface area contributed by atoms with Gasteiger partial charge in [0, 0.05) is 6.54 Å². The van der Waals surface area contributed by atoms with Crippen molar-refractivity contribution in [3.05, 3.63) is 10.6 Å². The number of carbonyl (C=O) groups is 1. The molecule has 0 aliphatic carbocycles. The summed E-state index contributed by atoms with van der Waals surface area (Å²) in [5, 5.41) is 16.2. The maximum Gasteiger partial charge on any atom is 0.265 e. The minimum Gasteiger partial charge on any atom is -0.391 e. The molecular weight excluding hydrogens is 238 g/mol. The highest BCUT2D eigenvalue weighted by Gasteiger charge is 2.18. The Kier molecular flexibility index (Phi) is 4.59. The summed E-state index contributed by atoms with van der Waals surface area (Å²) in [6, 6.07) is 0. The molecule has 17 heavy (non-hydrogen) atoms. The second-order valence-corrected chi connectivity index (χ2v) is 6.07. The molecule has 0 saturated heterocycles. The Balaban J connectivity index is 2.42. The van der Waals surface area contributed by atoms with Crippen LogP contribution < -0.4 is 5.32 Å². The van der Waals surface area contributed by atoms with Crippen LogP contribution in [0.1, 0.15) is 42.6 Å². The fourth-order valence-corrected chi connectivity index (χ4v) is 2.08. The number of aliphatic hydroxyl groups excluding tert-OH is 1. The molecule has 1 aromatic heterocycles. The molecule has 6 heteroatoms. The third kappa shape index (κ3) is 4.79. The van der Waals surface area contributed by atoms with Gasteiger partial charge in [-0.15, -0.1) is 5.10 Å². The molecule has 1 aromatic rings. The number of nitrogens with one attached hydrogen (secondary N) is 1. The number of carbonyl (C=O) groups excluding carboxylic acids is 1. The summed E-state index contributed by atoms with van der Waals surface area (Å²) in [6.07, 6.45) is 0.118. The van der Waals surface area contributed by atoms with Gasteiger partial charge in [-0.25, -0.2) is 0 Å². The van der Waals surface area contributed by atoms with Crippen LogP contribution in [-0.2, 0) is 0 Å². The van der Waals surface area contributed by atoms with Gasteiger partial charge in [0.1, 0.15) is 4.88 Å². The van der Waals surface area contributed by atoms with E-state index in [2.05, 4.69) is 35.7 Å². The van der Waals surface area contributed by atoms with Gasteiger partial charge in [-0.1, -0.05) is 25.3 Å². The van der Waals surface area contributed by atoms with Crippen molar-refractivity contribution in [1.82, 2.24) is 14.9 Å². The summed E-state index contributed by atoms with van der Waals surface area (Å²) in [6.45, 7) is 8.15. The van der Waals surface area contributed by atoms with Crippen LogP contribution in [0.2, 0.25) is 0 Å². The Morgan fingerprint density at radius 2 is 2.18 bits per heavy atom. The molecule has 0 aliphatic heterocycles. The smallest absolute Gasteiger partial charge is 0.265 e. The van der Waals surface area contributed by atoms with Crippen molar-refractivity contribution in [2.45, 2.75) is 40.2 Å². The number of rotatable bonds is 4. The Morgan fingerprint density at radius 1 is 1.53 bits per heavy atom. The first-order valence-electron chi connectivity index (χ1n) is 5.55. The van der Waals surface area contributed by atoms with E-state index in [-0.39, 0.29) is 17.9 Å². The van der Waals surface area contributed by atoms with Gasteiger partial charge in [0.05, 0.1) is 11.8 Å². The zero-order valence-electron chi connectivity index (χ0n) is 10.6. The van der Waals surface area contributed by atoms with Crippen LogP contribution in [0.4, 0.5) is 0 Å². The maximum atomic E-state index is 11.7. The molecule has 0 spiro atoms. The number of aryl methyl sites for hydroxylation is 1. The summed E-state index contributed by atoms with van der Waals surface area (Å²) in [5.41, 5.74) is 0.671. The van der Waals surface area contributed by atoms with Gasteiger partial charge in [0.25, 0.3) is 5.91 Å². The van der Waals surface area contributed by atoms with E-state index in [9.17, 15) is 9.90 Å². The van der Waals surface area contributed by atoms with Crippen LogP contribution in [0, 0.1) is 12.3 Å². The molecule has 0 fully saturated rings. The highest BCUT2D eigenvalue weighted by atomic mass is 32.1. The van der Waals surface area contributed by atoms with E-state index in [0.717, 1.165) is 11.5 Å². The lowest BCUT2D eigenvalue weighted by atomic mass is 9.89. The second-order valence-electron chi connectivity index (χ2n) is 5.32. The van der Waals surface area contributed by atoms with Gasteiger partial charge in [-0.2, -0.15) is 0 Å². The number of aromatic nitrogens is 2. The van der Waals surface area contributed by atoms with Crippen molar-refractivity contribution in [3.63, 3.8) is 0 Å². The van der Waals surface area contributed by atoms with Crippen molar-refractivity contribution in [1.29, 1.82) is 0 Å². The molecule has 0 saturated carbocycles. The second kappa shape index (κ2) is 5.55. The minimum atomic E-state index is -0.528. The van der Waals surface area contributed by atoms with Crippen LogP contribution in [0.15, 0.2) is 0 Å². The van der Waals surface area contributed by atoms with Crippen molar-refractivity contribution < 1.29 is 9.90 Å². The fraction of sp³-hybridized carbons (Fsp3) is 0.727. The number of nitrogens with zero attached hydrogens (tertiary/aromatic N) is 2. The summed E-state index contributed by atoms with van der Waals surface area (Å²) in [4.78, 5) is 12.2. The SMILES string of the molecule is Cc1nnsc1C(=O)NCC(O)CC(C)(C)C. The Hall–Kier alpha value is -1.01. The van der Waals surface area contributed by atoms with Crippen molar-refractivity contribution in [3.8, 4) is 0 Å². The lowest BCUT2D eigenvalue weighted by Crippen LogP contribution is -2.34. The molecule has 1 atom stereocenters. The van der Waals surface area contributed by atoms with Crippen LogP contribution in [0.5, 0.6) is 0 Å². The lowest BCUT2D eigenvalue weighted by molar-refractivity contribution is 0.0871. The van der Waals surface area contributed by atoms with Crippen LogP contribution >= 0.6 is 11.5 Å². The third-order valence-corrected chi connectivity index (χ3v) is 3.03. The van der Waals surface area contributed by atoms with Crippen molar-refractivity contribution >= 4 is 17.4 Å². The highest BCUT2D eigenvalue weighted by molar-refractivity contribution is 7.07. The molecule has 0 aliphatic rings. The molecule has 5 nitrogen and oxygen atoms in total. The van der Waals surface area contributed by atoms with E-state index in [4.69, 9.17) is 0 Å². The average molecular weight is 257 g/mol. The van der Waals surface area contributed by atoms with E-state index in [1.54, 1.807) is 6.92 Å². The molecule has 2 N–H and O–H groups in total. The van der Waals surface area contributed by atoms with Gasteiger partial charge < -0.3 is 10.4 Å². The van der Waals surface area contributed by atoms with Gasteiger partial charge in [0.2, 0.25) is 0 Å². The van der Waals surface area contributed by atoms with E-state index >= 15 is 0 Å². The zero-order valence-corrected chi connectivity index (χ0v) is 11.5. The first-order chi connectivity index (χ1) is 7.79. The van der Waals surface area contributed by atoms with E-state index in [0.29, 0.717) is 17.0 Å². The first kappa shape index (κ1) is 14.1. The summed E-state index contributed by atoms with van der Waals surface area (Å²) in [7, 11) is 0. The monoisotopic (exact) mass is 257 g/mol. The van der Waals surface area contributed by atoms with Crippen molar-refractivity contribution in [2.75, 3.05) is 6.54 Å². The van der Waals surface area contributed by atoms with Gasteiger partial charge >= 0.3 is 0 Å². The van der Waals surface area contributed by atoms with Crippen LogP contribution in [0.25, 0.3) is 0 Å². The number of aliphatic hydroxyl groups is 1. The van der Waals surface area contributed by atoms with E-state index < -0.39 is 6.10 Å². The Morgan fingerprint density at radius 3 is 2.65 bits per heavy atom. The third-order valence-electron chi connectivity index (χ3n) is 2.20. The average Bonchev–Trinajstić information content (AvgIpc) is 2.58. The van der Waals surface area contributed by atoms with Crippen LogP contribution in [-0.4, -0.2) is 33.2 Å². The number of hydrogen-bond donors (Lipinski definition) is 2. The van der Waals surface area contributed by atoms with E-state index in [1.807, 2.05) is 0 Å². The quantitative estimate of drug-likeness (QED) is 0.854. The normalized spacial score (nSPS) is 13.5. The molecule has 1 amide bonds. The van der Waals surface area contributed by atoms with Gasteiger partial charge in [-0.05, 0) is 30.3 Å². The molecule has 0 radical (unpaired) electrons. The highest BCUT2D eigenvalue weighted by Crippen LogP contribution is 2.20. The standard InChI is InChI=1S/C11H19N3O2S/c1-7-9(17-14-13-7)10(16)12-6-8(15)5-11(2,3)4/h8,15H,5-6H2,1-4H3,(H,12,16). The first-order valence-corrected chi connectivity index (χ1v) is 6.32. The fourth-order valence-electron chi connectivity index (χ4n) is 1.51. The predicted molar refractivity (Wildman–Crippen MR) is 67.1 cm³/mol. The summed E-state index contributed by atoms with van der Waals surface area (Å²) < 4.78 is 3.70. The van der Waals surface area contributed by atoms with Gasteiger partial charge in [-0.3, -0.25) is 4.79 Å². The molecule has 0 aromatic carbocycles. The maximum absolute atomic E-state index is 11.7. The lowest BCUT2D eigenvalue weighted by Gasteiger charge is -2.22. The molecule has 0 bridgehead atoms. The number of amides is 1. The Bertz CT molecular complexity index is 384. The topological polar surface area (TPSA) is 75.1 Å².